The minimum absolute atomic E-state index is 0.00121. The van der Waals surface area contributed by atoms with Gasteiger partial charge in [-0.25, -0.2) is 4.98 Å². The van der Waals surface area contributed by atoms with Gasteiger partial charge in [0.2, 0.25) is 29.5 Å². The van der Waals surface area contributed by atoms with Crippen LogP contribution >= 0.6 is 21.6 Å². The average Bonchev–Trinajstić information content (AvgIpc) is 3.87. The number of ketones is 1. The topological polar surface area (TPSA) is 244 Å². The number of benzene rings is 2. The number of hydrogen-bond acceptors (Lipinski definition) is 12. The zero-order valence-electron chi connectivity index (χ0n) is 31.9. The number of imidazole rings is 1. The molecule has 2 fully saturated rings. The highest BCUT2D eigenvalue weighted by atomic mass is 33.1. The van der Waals surface area contributed by atoms with E-state index in [1.54, 1.807) is 24.3 Å². The Bertz CT molecular complexity index is 1860. The van der Waals surface area contributed by atoms with Crippen LogP contribution in [0, 0.1) is 5.92 Å². The van der Waals surface area contributed by atoms with Crippen molar-refractivity contribution in [1.82, 2.24) is 41.9 Å². The fraction of sp³-hybridized carbons (Fsp3) is 0.462. The van der Waals surface area contributed by atoms with Gasteiger partial charge >= 0.3 is 0 Å². The fourth-order valence-electron chi connectivity index (χ4n) is 6.48. The highest BCUT2D eigenvalue weighted by Gasteiger charge is 2.36. The van der Waals surface area contributed by atoms with E-state index < -0.39 is 59.9 Å². The zero-order valence-corrected chi connectivity index (χ0v) is 33.6. The number of aromatic nitrogens is 2. The van der Waals surface area contributed by atoms with E-state index in [0.29, 0.717) is 29.8 Å². The van der Waals surface area contributed by atoms with Crippen molar-refractivity contribution in [1.29, 1.82) is 0 Å². The van der Waals surface area contributed by atoms with E-state index >= 15 is 0 Å². The van der Waals surface area contributed by atoms with E-state index in [1.807, 2.05) is 13.8 Å². The molecule has 18 heteroatoms. The Labute approximate surface area is 338 Å². The summed E-state index contributed by atoms with van der Waals surface area (Å²) in [5.74, 6) is -3.07. The second kappa shape index (κ2) is 20.4. The summed E-state index contributed by atoms with van der Waals surface area (Å²) in [7, 11) is 2.87. The zero-order chi connectivity index (χ0) is 41.1. The lowest BCUT2D eigenvalue weighted by Gasteiger charge is -2.28. The fourth-order valence-corrected chi connectivity index (χ4v) is 9.31. The molecule has 0 aliphatic carbocycles. The number of rotatable bonds is 9. The molecule has 3 heterocycles. The first-order valence-corrected chi connectivity index (χ1v) is 21.2. The third kappa shape index (κ3) is 13.0. The molecular weight excluding hydrogens is 773 g/mol. The van der Waals surface area contributed by atoms with E-state index in [0.717, 1.165) is 0 Å². The van der Waals surface area contributed by atoms with Crippen molar-refractivity contribution in [2.75, 3.05) is 12.3 Å². The van der Waals surface area contributed by atoms with Gasteiger partial charge in [-0.2, -0.15) is 0 Å². The lowest BCUT2D eigenvalue weighted by Crippen LogP contribution is -2.60. The predicted molar refractivity (Wildman–Crippen MR) is 216 cm³/mol. The van der Waals surface area contributed by atoms with Gasteiger partial charge in [0.25, 0.3) is 0 Å². The first kappa shape index (κ1) is 43.1. The molecule has 0 saturated carbocycles. The predicted octanol–water partition coefficient (Wildman–Crippen LogP) is 1.03. The van der Waals surface area contributed by atoms with E-state index in [4.69, 9.17) is 0 Å². The highest BCUT2D eigenvalue weighted by molar-refractivity contribution is 8.77. The molecule has 2 bridgehead atoms. The molecular formula is C39H50N8O8S2. The molecule has 2 aliphatic heterocycles. The van der Waals surface area contributed by atoms with Crippen molar-refractivity contribution in [3.8, 4) is 11.5 Å². The highest BCUT2D eigenvalue weighted by Crippen LogP contribution is 2.32. The van der Waals surface area contributed by atoms with Crippen molar-refractivity contribution in [3.05, 3.63) is 77.9 Å². The number of carbonyl (C=O) groups is 6. The third-order valence-electron chi connectivity index (χ3n) is 9.62. The van der Waals surface area contributed by atoms with Crippen LogP contribution in [-0.2, 0) is 48.0 Å². The molecule has 9 N–H and O–H groups in total. The summed E-state index contributed by atoms with van der Waals surface area (Å²) in [6.45, 7) is 5.71. The van der Waals surface area contributed by atoms with E-state index in [1.165, 1.54) is 65.3 Å². The molecule has 0 spiro atoms. The van der Waals surface area contributed by atoms with Gasteiger partial charge < -0.3 is 47.1 Å². The second-order valence-electron chi connectivity index (χ2n) is 14.8. The van der Waals surface area contributed by atoms with Crippen molar-refractivity contribution in [3.63, 3.8) is 0 Å². The Morgan fingerprint density at radius 3 is 1.75 bits per heavy atom. The number of fused-ring (bicyclic) bond motifs is 2. The standard InChI is InChI=1S/C39H50N8O8S2/c1-21(2)12-30-36(52)44-31(13-23-4-8-26(49)9-5-23)37(53)46-33(15-25-17-40-20-42-25)39(55)45-32(14-24-6-10-27(50)11-7-24)38(54)47-34(22(3)48)19-56-57-28-16-29(41-18-28)35(51)43-30/h4-11,17,20-21,28-34,41,49-50H,12-16,18-19H2,1-3H3,(H,40,42)(H,43,51)(H,44,52)(H,45,55)(H,46,53)(H,47,54). The van der Waals surface area contributed by atoms with E-state index in [-0.39, 0.29) is 65.8 Å². The van der Waals surface area contributed by atoms with E-state index in [9.17, 15) is 39.0 Å². The molecule has 3 aromatic rings. The number of aromatic hydroxyl groups is 2. The number of aromatic amines is 1. The molecule has 5 rings (SSSR count). The smallest absolute Gasteiger partial charge is 0.243 e. The summed E-state index contributed by atoms with van der Waals surface area (Å²) in [5.41, 5.74) is 1.70. The van der Waals surface area contributed by atoms with Crippen LogP contribution in [0.2, 0.25) is 0 Å². The normalized spacial score (nSPS) is 25.7. The van der Waals surface area contributed by atoms with Crippen LogP contribution in [0.25, 0.3) is 0 Å². The lowest BCUT2D eigenvalue weighted by atomic mass is 10.00. The molecule has 57 heavy (non-hydrogen) atoms. The summed E-state index contributed by atoms with van der Waals surface area (Å²) in [6, 6.07) is 6.05. The number of amides is 5. The molecule has 2 aromatic carbocycles. The summed E-state index contributed by atoms with van der Waals surface area (Å²) < 4.78 is 0. The summed E-state index contributed by atoms with van der Waals surface area (Å²) in [6.07, 6.45) is 3.54. The first-order valence-electron chi connectivity index (χ1n) is 18.8. The number of nitrogens with zero attached hydrogens (tertiary/aromatic N) is 1. The average molecular weight is 823 g/mol. The van der Waals surface area contributed by atoms with Crippen molar-refractivity contribution in [2.24, 2.45) is 5.92 Å². The number of phenolic OH excluding ortho intramolecular Hbond substituents is 2. The van der Waals surface area contributed by atoms with Crippen LogP contribution in [0.3, 0.4) is 0 Å². The van der Waals surface area contributed by atoms with Gasteiger partial charge in [-0.15, -0.1) is 0 Å². The van der Waals surface area contributed by atoms with Gasteiger partial charge in [-0.1, -0.05) is 59.7 Å². The number of hydrogen-bond donors (Lipinski definition) is 9. The maximum Gasteiger partial charge on any atom is 0.243 e. The molecule has 1 aromatic heterocycles. The van der Waals surface area contributed by atoms with Crippen LogP contribution in [0.5, 0.6) is 11.5 Å². The Morgan fingerprint density at radius 1 is 0.737 bits per heavy atom. The lowest BCUT2D eigenvalue weighted by molar-refractivity contribution is -0.135. The van der Waals surface area contributed by atoms with Gasteiger partial charge in [-0.05, 0) is 61.1 Å². The van der Waals surface area contributed by atoms with Crippen LogP contribution < -0.4 is 31.9 Å². The summed E-state index contributed by atoms with van der Waals surface area (Å²) in [5, 5.41) is 37.0. The number of phenols is 2. The Hall–Kier alpha value is -5.07. The first-order chi connectivity index (χ1) is 27.2. The Balaban J connectivity index is 1.51. The van der Waals surface area contributed by atoms with E-state index in [2.05, 4.69) is 41.9 Å². The molecule has 2 saturated heterocycles. The molecule has 5 amide bonds. The maximum atomic E-state index is 14.3. The van der Waals surface area contributed by atoms with Gasteiger partial charge in [0.1, 0.15) is 35.7 Å². The SMILES string of the molecule is CC(=O)C1CSSC2CNC(C2)C(=O)NC(CC(C)C)C(=O)NC(Cc2ccc(O)cc2)C(=O)NC(Cc2cnc[nH]2)C(=O)NC(Cc2ccc(O)cc2)C(=O)N1. The van der Waals surface area contributed by atoms with Gasteiger partial charge in [0, 0.05) is 48.7 Å². The van der Waals surface area contributed by atoms with Crippen LogP contribution in [0.15, 0.2) is 61.1 Å². The van der Waals surface area contributed by atoms with Crippen LogP contribution in [-0.4, -0.2) is 109 Å². The number of Topliss-reactive ketones (excluding diaryl/α,β-unsaturated/α-hetero) is 1. The van der Waals surface area contributed by atoms with Crippen LogP contribution in [0.4, 0.5) is 0 Å². The number of H-pyrrole nitrogens is 1. The summed E-state index contributed by atoms with van der Waals surface area (Å²) in [4.78, 5) is 89.8. The molecule has 306 valence electrons. The van der Waals surface area contributed by atoms with Gasteiger partial charge in [0.15, 0.2) is 5.78 Å². The second-order valence-corrected chi connectivity index (χ2v) is 17.5. The third-order valence-corrected chi connectivity index (χ3v) is 12.5. The largest absolute Gasteiger partial charge is 0.508 e. The molecule has 0 radical (unpaired) electrons. The maximum absolute atomic E-state index is 14.3. The Kier molecular flexibility index (Phi) is 15.4. The minimum Gasteiger partial charge on any atom is -0.508 e. The molecule has 7 unspecified atom stereocenters. The van der Waals surface area contributed by atoms with Crippen LogP contribution in [0.1, 0.15) is 50.4 Å². The van der Waals surface area contributed by atoms with Crippen molar-refractivity contribution in [2.45, 2.75) is 94.4 Å². The minimum atomic E-state index is -1.29. The Morgan fingerprint density at radius 2 is 1.25 bits per heavy atom. The van der Waals surface area contributed by atoms with Gasteiger partial charge in [0.05, 0.1) is 18.4 Å². The number of nitrogens with one attached hydrogen (secondary N) is 7. The quantitative estimate of drug-likeness (QED) is 0.138. The van der Waals surface area contributed by atoms with Crippen molar-refractivity contribution >= 4 is 56.9 Å². The van der Waals surface area contributed by atoms with Gasteiger partial charge in [-0.3, -0.25) is 28.8 Å². The summed E-state index contributed by atoms with van der Waals surface area (Å²) >= 11 is 0. The molecule has 2 aliphatic rings. The molecule has 16 nitrogen and oxygen atoms in total. The number of carbonyl (C=O) groups excluding carboxylic acids is 6. The monoisotopic (exact) mass is 822 g/mol. The molecule has 7 atom stereocenters. The van der Waals surface area contributed by atoms with Crippen molar-refractivity contribution < 1.29 is 39.0 Å².